The van der Waals surface area contributed by atoms with Gasteiger partial charge in [-0.05, 0) is 36.6 Å². The second kappa shape index (κ2) is 5.20. The third-order valence-electron chi connectivity index (χ3n) is 2.79. The maximum atomic E-state index is 11.9. The molecule has 3 rings (SSSR count). The summed E-state index contributed by atoms with van der Waals surface area (Å²) < 4.78 is 17.0. The van der Waals surface area contributed by atoms with Crippen LogP contribution in [0.15, 0.2) is 24.0 Å². The van der Waals surface area contributed by atoms with Crippen molar-refractivity contribution >= 4 is 30.6 Å². The van der Waals surface area contributed by atoms with Crippen molar-refractivity contribution in [2.45, 2.75) is 12.8 Å². The van der Waals surface area contributed by atoms with E-state index in [0.717, 1.165) is 12.8 Å². The van der Waals surface area contributed by atoms with Crippen molar-refractivity contribution in [2.75, 3.05) is 0 Å². The van der Waals surface area contributed by atoms with Crippen LogP contribution in [0, 0.1) is 5.92 Å². The quantitative estimate of drug-likeness (QED) is 0.635. The van der Waals surface area contributed by atoms with Gasteiger partial charge in [-0.1, -0.05) is 17.7 Å². The molecule has 0 saturated heterocycles. The van der Waals surface area contributed by atoms with Crippen LogP contribution in [-0.4, -0.2) is 0 Å². The van der Waals surface area contributed by atoms with Crippen LogP contribution in [0.2, 0.25) is 5.02 Å². The fourth-order valence-electron chi connectivity index (χ4n) is 1.80. The normalized spacial score (nSPS) is 26.4. The minimum absolute atomic E-state index is 0. The fourth-order valence-corrected chi connectivity index (χ4v) is 3.38. The molecule has 0 amide bonds. The van der Waals surface area contributed by atoms with Crippen LogP contribution in [0.5, 0.6) is 0 Å². The van der Waals surface area contributed by atoms with Gasteiger partial charge in [0.15, 0.2) is 0 Å². The summed E-state index contributed by atoms with van der Waals surface area (Å²) >= 11 is 5.78. The smallest absolute Gasteiger partial charge is 0.765 e. The molecule has 1 fully saturated rings. The van der Waals surface area contributed by atoms with Gasteiger partial charge in [-0.2, -0.15) is 0 Å². The summed E-state index contributed by atoms with van der Waals surface area (Å²) in [5.41, 5.74) is 0.677. The van der Waals surface area contributed by atoms with Crippen molar-refractivity contribution in [1.29, 1.82) is 0 Å². The predicted molar refractivity (Wildman–Crippen MR) is 60.5 cm³/mol. The first-order chi connectivity index (χ1) is 7.56. The maximum Gasteiger partial charge on any atom is 1.00 e. The van der Waals surface area contributed by atoms with Gasteiger partial charge in [-0.15, -0.1) is 0 Å². The van der Waals surface area contributed by atoms with Crippen molar-refractivity contribution in [2.24, 2.45) is 5.92 Å². The van der Waals surface area contributed by atoms with Crippen molar-refractivity contribution in [3.05, 3.63) is 34.5 Å². The van der Waals surface area contributed by atoms with Crippen LogP contribution >= 0.6 is 19.2 Å². The Kier molecular flexibility index (Phi) is 4.42. The number of hydrogen-bond acceptors (Lipinski definition) is 3. The number of hydrogen-bond donors (Lipinski definition) is 0. The molecule has 0 aromatic heterocycles. The monoisotopic (exact) mass is 340 g/mol. The van der Waals surface area contributed by atoms with Crippen LogP contribution < -0.4 is 68.4 Å². The van der Waals surface area contributed by atoms with Crippen LogP contribution in [-0.2, 0) is 9.09 Å². The third kappa shape index (κ3) is 2.97. The fraction of sp³-hybridized carbons (Fsp3) is 0.273. The molecule has 0 bridgehead atoms. The van der Waals surface area contributed by atoms with Gasteiger partial charge in [0.05, 0.1) is 0 Å². The van der Waals surface area contributed by atoms with Gasteiger partial charge in [-0.3, -0.25) is 4.57 Å². The van der Waals surface area contributed by atoms with E-state index >= 15 is 0 Å². The van der Waals surface area contributed by atoms with Crippen LogP contribution in [0.4, 0.5) is 0 Å². The minimum atomic E-state index is -3.98. The summed E-state index contributed by atoms with van der Waals surface area (Å²) in [7, 11) is -3.98. The summed E-state index contributed by atoms with van der Waals surface area (Å²) in [5.74, 6) is 0.860. The molecule has 84 valence electrons. The van der Waals surface area contributed by atoms with E-state index < -0.39 is 7.60 Å². The van der Waals surface area contributed by atoms with E-state index in [2.05, 4.69) is 0 Å². The predicted octanol–water partition coefficient (Wildman–Crippen LogP) is -0.696. The zero-order chi connectivity index (χ0) is 11.3. The molecule has 1 aromatic carbocycles. The molecule has 1 unspecified atom stereocenters. The average molecular weight is 341 g/mol. The van der Waals surface area contributed by atoms with Crippen molar-refractivity contribution in [3.63, 3.8) is 0 Å². The first-order valence-electron chi connectivity index (χ1n) is 5.08. The van der Waals surface area contributed by atoms with Gasteiger partial charge < -0.3 is 9.42 Å². The van der Waals surface area contributed by atoms with Gasteiger partial charge in [0.2, 0.25) is 7.60 Å². The average Bonchev–Trinajstić information content (AvgIpc) is 3.01. The summed E-state index contributed by atoms with van der Waals surface area (Å²) in [6.07, 6.45) is 3.82. The van der Waals surface area contributed by atoms with E-state index in [9.17, 15) is 9.46 Å². The van der Waals surface area contributed by atoms with Gasteiger partial charge in [0, 0.05) is 16.2 Å². The zero-order valence-electron chi connectivity index (χ0n) is 9.35. The molecule has 1 aliphatic carbocycles. The molecule has 0 radical (unpaired) electrons. The van der Waals surface area contributed by atoms with E-state index in [0.29, 0.717) is 16.3 Å². The molecule has 1 aliphatic heterocycles. The van der Waals surface area contributed by atoms with E-state index in [4.69, 9.17) is 16.1 Å². The van der Waals surface area contributed by atoms with E-state index in [-0.39, 0.29) is 69.4 Å². The first-order valence-corrected chi connectivity index (χ1v) is 7.01. The number of rotatable bonds is 1. The molecule has 17 heavy (non-hydrogen) atoms. The van der Waals surface area contributed by atoms with Crippen molar-refractivity contribution in [1.82, 2.24) is 0 Å². The van der Waals surface area contributed by atoms with Gasteiger partial charge in [-0.25, -0.2) is 0 Å². The number of allylic oxidation sites excluding steroid dienone is 1. The largest absolute Gasteiger partial charge is 1.00 e. The Morgan fingerprint density at radius 3 is 2.76 bits per heavy atom. The Balaban J connectivity index is 0.00000108. The number of fused-ring (bicyclic) bond motifs is 1. The van der Waals surface area contributed by atoms with Gasteiger partial charge >= 0.3 is 58.2 Å². The molecule has 1 heterocycles. The Bertz CT molecular complexity index is 540. The second-order valence-corrected chi connectivity index (χ2v) is 6.21. The Hall–Kier alpha value is 1.05. The van der Waals surface area contributed by atoms with E-state index in [1.165, 1.54) is 6.07 Å². The first kappa shape index (κ1) is 14.5. The second-order valence-electron chi connectivity index (χ2n) is 4.11. The Morgan fingerprint density at radius 2 is 2.12 bits per heavy atom. The molecule has 6 heteroatoms. The summed E-state index contributed by atoms with van der Waals surface area (Å²) in [6.45, 7) is 0. The van der Waals surface area contributed by atoms with E-state index in [1.54, 1.807) is 18.2 Å². The van der Waals surface area contributed by atoms with Gasteiger partial charge in [0.25, 0.3) is 0 Å². The van der Waals surface area contributed by atoms with E-state index in [1.807, 2.05) is 0 Å². The van der Waals surface area contributed by atoms with Gasteiger partial charge in [0.1, 0.15) is 5.76 Å². The van der Waals surface area contributed by atoms with Crippen LogP contribution in [0.25, 0.3) is 6.08 Å². The third-order valence-corrected chi connectivity index (χ3v) is 4.45. The van der Waals surface area contributed by atoms with Crippen LogP contribution in [0.1, 0.15) is 18.4 Å². The Morgan fingerprint density at radius 1 is 1.41 bits per heavy atom. The van der Waals surface area contributed by atoms with Crippen molar-refractivity contribution < 1.29 is 72.2 Å². The summed E-state index contributed by atoms with van der Waals surface area (Å²) in [5, 5.41) is 0.589. The molecule has 3 nitrogen and oxygen atoms in total. The molecule has 0 N–H and O–H groups in total. The summed E-state index contributed by atoms with van der Waals surface area (Å²) in [6, 6.07) is 4.84. The molecule has 1 aromatic rings. The Labute approximate surface area is 154 Å². The molecule has 0 spiro atoms. The van der Waals surface area contributed by atoms with Crippen LogP contribution in [0.3, 0.4) is 0 Å². The SMILES string of the molecule is O=P1([O-])OC(C2CC2)=Cc2ccc(Cl)cc21.[Rb+]. The molecule has 2 aliphatic rings. The van der Waals surface area contributed by atoms with Crippen molar-refractivity contribution in [3.8, 4) is 0 Å². The molecular weight excluding hydrogens is 332 g/mol. The zero-order valence-corrected chi connectivity index (χ0v) is 15.9. The molecule has 1 atom stereocenters. The number of halogens is 1. The maximum absolute atomic E-state index is 11.9. The standard InChI is InChI=1S/C11H10ClO3P.Rb/c12-9-4-3-8-5-10(7-1-2-7)15-16(13,14)11(8)6-9;/h3-7H,1-2H2,(H,13,14);/q;+1/p-1. The summed E-state index contributed by atoms with van der Waals surface area (Å²) in [4.78, 5) is 11.9. The number of benzene rings is 1. The minimum Gasteiger partial charge on any atom is -0.765 e. The molecule has 1 saturated carbocycles. The topological polar surface area (TPSA) is 49.4 Å². The molecular formula is C11H9ClO3PRb.